The van der Waals surface area contributed by atoms with E-state index >= 15 is 0 Å². The quantitative estimate of drug-likeness (QED) is 0.0944. The highest BCUT2D eigenvalue weighted by molar-refractivity contribution is 8.24. The van der Waals surface area contributed by atoms with Crippen LogP contribution in [0.3, 0.4) is 0 Å². The lowest BCUT2D eigenvalue weighted by atomic mass is 9.69. The van der Waals surface area contributed by atoms with Crippen molar-refractivity contribution in [3.8, 4) is 11.5 Å². The van der Waals surface area contributed by atoms with Gasteiger partial charge in [0.15, 0.2) is 0 Å². The highest BCUT2D eigenvalue weighted by atomic mass is 32.2. The molecule has 6 rings (SSSR count). The molecule has 0 spiro atoms. The first-order valence-electron chi connectivity index (χ1n) is 20.4. The van der Waals surface area contributed by atoms with E-state index in [1.165, 1.54) is 74.9 Å². The Hall–Kier alpha value is -2.48. The lowest BCUT2D eigenvalue weighted by Crippen LogP contribution is -2.30. The van der Waals surface area contributed by atoms with Gasteiger partial charge in [0.25, 0.3) is 5.70 Å². The topological polar surface area (TPSA) is 92.5 Å². The fraction of sp³-hybridized carbons (Fsp3) is 0.721. The number of fused-ring (bicyclic) bond motifs is 1. The van der Waals surface area contributed by atoms with Crippen LogP contribution in [0.4, 0.5) is 0 Å². The zero-order valence-electron chi connectivity index (χ0n) is 32.2. The first-order chi connectivity index (χ1) is 25.6. The van der Waals surface area contributed by atoms with E-state index in [-0.39, 0.29) is 42.2 Å². The molecular weight excluding hydrogens is 707 g/mol. The third-order valence-electron chi connectivity index (χ3n) is 13.2. The summed E-state index contributed by atoms with van der Waals surface area (Å²) >= 11 is 2.41. The Labute approximate surface area is 325 Å². The Bertz CT molecular complexity index is 1430. The minimum atomic E-state index is -0.712. The van der Waals surface area contributed by atoms with E-state index in [2.05, 4.69) is 18.7 Å². The summed E-state index contributed by atoms with van der Waals surface area (Å²) in [5.41, 5.74) is -0.137. The summed E-state index contributed by atoms with van der Waals surface area (Å²) in [6.45, 7) is 14.6. The third-order valence-corrected chi connectivity index (χ3v) is 15.8. The maximum absolute atomic E-state index is 13.6. The number of carbonyl (C=O) groups excluding carboxylic acids is 3. The van der Waals surface area contributed by atoms with Crippen molar-refractivity contribution in [2.75, 3.05) is 13.7 Å². The van der Waals surface area contributed by atoms with Gasteiger partial charge in [0.2, 0.25) is 0 Å². The largest absolute Gasteiger partial charge is 0.470 e. The van der Waals surface area contributed by atoms with E-state index in [0.29, 0.717) is 43.8 Å². The minimum Gasteiger partial charge on any atom is -0.470 e. The van der Waals surface area contributed by atoms with E-state index in [0.717, 1.165) is 75.0 Å². The summed E-state index contributed by atoms with van der Waals surface area (Å²) < 4.78 is 23.4. The van der Waals surface area contributed by atoms with Gasteiger partial charge >= 0.3 is 17.9 Å². The normalized spacial score (nSPS) is 30.7. The van der Waals surface area contributed by atoms with Gasteiger partial charge in [-0.3, -0.25) is 14.4 Å². The van der Waals surface area contributed by atoms with Gasteiger partial charge < -0.3 is 18.9 Å². The Balaban J connectivity index is 1.14. The number of rotatable bonds is 11. The zero-order valence-corrected chi connectivity index (χ0v) is 33.8. The zero-order chi connectivity index (χ0) is 37.5. The number of benzene rings is 1. The van der Waals surface area contributed by atoms with Crippen molar-refractivity contribution in [3.05, 3.63) is 33.5 Å². The van der Waals surface area contributed by atoms with Crippen LogP contribution >= 0.6 is 23.5 Å². The van der Waals surface area contributed by atoms with Crippen LogP contribution in [0, 0.1) is 53.9 Å². The predicted octanol–water partition coefficient (Wildman–Crippen LogP) is 11.0. The summed E-state index contributed by atoms with van der Waals surface area (Å²) in [4.78, 5) is 45.1. The molecule has 53 heavy (non-hydrogen) atoms. The van der Waals surface area contributed by atoms with E-state index in [1.807, 2.05) is 6.92 Å². The standard InChI is InChI=1S/C43H59NO7S2/c1-26-6-10-29(11-7-26)31-14-18-33(19-15-31)40(45)50-35-22-23-36(51-41(46)34-20-16-32(17-21-34)30-12-8-27(2)9-13-30)39-38(35)52-43(53-39)37(44-4)42(47)49-25-24-28(3)48-5/h22-23,26-34H,6-21,24-25H2,1-3,5H3. The van der Waals surface area contributed by atoms with Crippen LogP contribution in [0.25, 0.3) is 4.85 Å². The molecule has 0 radical (unpaired) electrons. The molecule has 1 unspecified atom stereocenters. The fourth-order valence-electron chi connectivity index (χ4n) is 9.41. The van der Waals surface area contributed by atoms with Crippen molar-refractivity contribution in [2.24, 2.45) is 47.3 Å². The van der Waals surface area contributed by atoms with Crippen LogP contribution in [-0.2, 0) is 23.9 Å². The molecule has 1 aromatic rings. The molecule has 0 bridgehead atoms. The van der Waals surface area contributed by atoms with Crippen molar-refractivity contribution in [1.82, 2.24) is 0 Å². The number of ether oxygens (including phenoxy) is 4. The number of hydrogen-bond donors (Lipinski definition) is 0. The molecule has 1 heterocycles. The molecule has 290 valence electrons. The Morgan fingerprint density at radius 1 is 0.698 bits per heavy atom. The van der Waals surface area contributed by atoms with E-state index in [4.69, 9.17) is 25.5 Å². The minimum absolute atomic E-state index is 0.0851. The summed E-state index contributed by atoms with van der Waals surface area (Å²) in [5.74, 6) is 3.84. The molecule has 0 saturated heterocycles. The average Bonchev–Trinajstić information content (AvgIpc) is 3.62. The molecule has 10 heteroatoms. The summed E-state index contributed by atoms with van der Waals surface area (Å²) in [6.07, 6.45) is 18.5. The molecule has 5 aliphatic rings. The second kappa shape index (κ2) is 18.9. The van der Waals surface area contributed by atoms with Crippen molar-refractivity contribution in [3.63, 3.8) is 0 Å². The third kappa shape index (κ3) is 10.2. The summed E-state index contributed by atoms with van der Waals surface area (Å²) in [7, 11) is 1.60. The first-order valence-corrected chi connectivity index (χ1v) is 22.0. The number of methoxy groups -OCH3 is 1. The van der Waals surface area contributed by atoms with E-state index in [1.54, 1.807) is 19.2 Å². The molecule has 8 nitrogen and oxygen atoms in total. The van der Waals surface area contributed by atoms with Crippen LogP contribution in [0.15, 0.2) is 31.9 Å². The van der Waals surface area contributed by atoms with Gasteiger partial charge in [-0.15, -0.1) is 0 Å². The number of nitrogens with zero attached hydrogens (tertiary/aromatic N) is 1. The molecule has 4 fully saturated rings. The van der Waals surface area contributed by atoms with Gasteiger partial charge in [0.05, 0.1) is 45.1 Å². The second-order valence-corrected chi connectivity index (χ2v) is 19.0. The Morgan fingerprint density at radius 2 is 1.09 bits per heavy atom. The van der Waals surface area contributed by atoms with Gasteiger partial charge in [0, 0.05) is 13.5 Å². The molecule has 0 aromatic heterocycles. The van der Waals surface area contributed by atoms with Crippen LogP contribution in [-0.4, -0.2) is 37.7 Å². The van der Waals surface area contributed by atoms with E-state index < -0.39 is 5.97 Å². The average molecular weight is 766 g/mol. The second-order valence-electron chi connectivity index (χ2n) is 16.7. The molecule has 1 aromatic carbocycles. The molecule has 0 N–H and O–H groups in total. The molecule has 1 atom stereocenters. The van der Waals surface area contributed by atoms with Crippen molar-refractivity contribution in [2.45, 2.75) is 146 Å². The molecule has 4 saturated carbocycles. The number of carbonyl (C=O) groups is 3. The highest BCUT2D eigenvalue weighted by Gasteiger charge is 2.37. The van der Waals surface area contributed by atoms with Gasteiger partial charge in [0.1, 0.15) is 11.5 Å². The lowest BCUT2D eigenvalue weighted by molar-refractivity contribution is -0.141. The number of hydrogen-bond acceptors (Lipinski definition) is 9. The van der Waals surface area contributed by atoms with E-state index in [9.17, 15) is 14.4 Å². The summed E-state index contributed by atoms with van der Waals surface area (Å²) in [5, 5.41) is 0. The monoisotopic (exact) mass is 765 g/mol. The maximum Gasteiger partial charge on any atom is 0.338 e. The van der Waals surface area contributed by atoms with Crippen LogP contribution < -0.4 is 9.47 Å². The SMILES string of the molecule is [C-]#[N+]C(C(=O)OCCC(C)OC)=C1Sc2c(OC(=O)C3CCC(C4CCC(C)CC4)CC3)ccc(OC(=O)C3CCC(C4CCC(C)CC4)CC3)c2S1. The molecule has 1 aliphatic heterocycles. The molecular formula is C43H59NO7S2. The maximum atomic E-state index is 13.6. The van der Waals surface area contributed by atoms with Gasteiger partial charge in [-0.25, -0.2) is 4.85 Å². The smallest absolute Gasteiger partial charge is 0.338 e. The van der Waals surface area contributed by atoms with Crippen molar-refractivity contribution < 1.29 is 33.3 Å². The van der Waals surface area contributed by atoms with Crippen molar-refractivity contribution >= 4 is 41.4 Å². The number of esters is 3. The predicted molar refractivity (Wildman–Crippen MR) is 208 cm³/mol. The number of thioether (sulfide) groups is 2. The molecule has 0 amide bonds. The van der Waals surface area contributed by atoms with Crippen LogP contribution in [0.2, 0.25) is 0 Å². The van der Waals surface area contributed by atoms with Gasteiger partial charge in [-0.05, 0) is 132 Å². The first kappa shape index (κ1) is 40.2. The Morgan fingerprint density at radius 3 is 1.47 bits per heavy atom. The fourth-order valence-corrected chi connectivity index (χ4v) is 12.0. The van der Waals surface area contributed by atoms with Crippen molar-refractivity contribution in [1.29, 1.82) is 0 Å². The highest BCUT2D eigenvalue weighted by Crippen LogP contribution is 2.59. The Kier molecular flexibility index (Phi) is 14.3. The lowest BCUT2D eigenvalue weighted by Gasteiger charge is -2.36. The summed E-state index contributed by atoms with van der Waals surface area (Å²) in [6, 6.07) is 3.40. The van der Waals surface area contributed by atoms with Gasteiger partial charge in [-0.2, -0.15) is 0 Å². The van der Waals surface area contributed by atoms with Crippen LogP contribution in [0.1, 0.15) is 130 Å². The van der Waals surface area contributed by atoms with Gasteiger partial charge in [-0.1, -0.05) is 63.1 Å². The molecule has 4 aliphatic carbocycles. The van der Waals surface area contributed by atoms with Crippen LogP contribution in [0.5, 0.6) is 11.5 Å².